The molecule has 1 amide bonds. The second kappa shape index (κ2) is 12.3. The minimum atomic E-state index is -0.282. The lowest BCUT2D eigenvalue weighted by Gasteiger charge is -2.11. The van der Waals surface area contributed by atoms with Gasteiger partial charge in [-0.2, -0.15) is 0 Å². The maximum absolute atomic E-state index is 12.0. The lowest BCUT2D eigenvalue weighted by Crippen LogP contribution is -2.34. The van der Waals surface area contributed by atoms with E-state index in [9.17, 15) is 9.59 Å². The predicted molar refractivity (Wildman–Crippen MR) is 123 cm³/mol. The van der Waals surface area contributed by atoms with E-state index < -0.39 is 0 Å². The molecule has 2 rings (SSSR count). The maximum Gasteiger partial charge on any atom is 0.305 e. The van der Waals surface area contributed by atoms with Crippen LogP contribution in [0, 0.1) is 6.92 Å². The smallest absolute Gasteiger partial charge is 0.305 e. The number of ether oxygens (including phenoxy) is 1. The summed E-state index contributed by atoms with van der Waals surface area (Å²) >= 11 is 8.61. The summed E-state index contributed by atoms with van der Waals surface area (Å²) in [7, 11) is 0. The average molecular weight is 477 g/mol. The van der Waals surface area contributed by atoms with Gasteiger partial charge in [-0.3, -0.25) is 9.59 Å². The highest BCUT2D eigenvalue weighted by Gasteiger charge is 2.09. The number of aryl methyl sites for hydroxylation is 2. The topological polar surface area (TPSA) is 67.4 Å². The summed E-state index contributed by atoms with van der Waals surface area (Å²) < 4.78 is 6.08. The largest absolute Gasteiger partial charge is 0.466 e. The van der Waals surface area contributed by atoms with Crippen LogP contribution in [0.15, 0.2) is 53.0 Å². The summed E-state index contributed by atoms with van der Waals surface area (Å²) in [5.41, 5.74) is 3.12. The highest BCUT2D eigenvalue weighted by Crippen LogP contribution is 2.23. The first-order chi connectivity index (χ1) is 13.9. The van der Waals surface area contributed by atoms with Crippen LogP contribution in [0.25, 0.3) is 0 Å². The highest BCUT2D eigenvalue weighted by atomic mass is 79.9. The number of esters is 1. The number of anilines is 1. The fourth-order valence-electron chi connectivity index (χ4n) is 2.64. The molecule has 2 aromatic rings. The number of rotatable bonds is 9. The number of halogens is 1. The molecular weight excluding hydrogens is 452 g/mol. The van der Waals surface area contributed by atoms with Gasteiger partial charge < -0.3 is 15.4 Å². The third-order valence-corrected chi connectivity index (χ3v) is 4.99. The van der Waals surface area contributed by atoms with E-state index >= 15 is 0 Å². The second-order valence-corrected chi connectivity index (χ2v) is 7.91. The molecule has 2 N–H and O–H groups in total. The van der Waals surface area contributed by atoms with E-state index in [2.05, 4.69) is 38.7 Å². The van der Waals surface area contributed by atoms with Gasteiger partial charge >= 0.3 is 5.97 Å². The first-order valence-electron chi connectivity index (χ1n) is 9.50. The van der Waals surface area contributed by atoms with Crippen molar-refractivity contribution in [3.8, 4) is 0 Å². The van der Waals surface area contributed by atoms with Gasteiger partial charge in [0.1, 0.15) is 0 Å². The molecule has 5 nitrogen and oxygen atoms in total. The Morgan fingerprint density at radius 2 is 1.83 bits per heavy atom. The van der Waals surface area contributed by atoms with Crippen LogP contribution >= 0.6 is 28.1 Å². The van der Waals surface area contributed by atoms with Crippen molar-refractivity contribution >= 4 is 50.8 Å². The lowest BCUT2D eigenvalue weighted by molar-refractivity contribution is -0.143. The average Bonchev–Trinajstić information content (AvgIpc) is 2.68. The molecule has 0 aliphatic rings. The molecule has 29 heavy (non-hydrogen) atoms. The Balaban J connectivity index is 1.57. The standard InChI is InChI=1S/C22H25BrN2O3S/c1-16-12-13-19(18(23)15-16)24-22(29)25-20(26)10-5-11-21(27)28-14-6-9-17-7-3-2-4-8-17/h2-4,7-8,12-13,15H,5-6,9-11,14H2,1H3,(H2,24,25,26,29). The molecule has 0 atom stereocenters. The van der Waals surface area contributed by atoms with Crippen molar-refractivity contribution < 1.29 is 14.3 Å². The van der Waals surface area contributed by atoms with Crippen molar-refractivity contribution in [1.82, 2.24) is 5.32 Å². The normalized spacial score (nSPS) is 10.3. The summed E-state index contributed by atoms with van der Waals surface area (Å²) in [6, 6.07) is 15.9. The third kappa shape index (κ3) is 9.19. The van der Waals surface area contributed by atoms with Crippen LogP contribution in [0.5, 0.6) is 0 Å². The van der Waals surface area contributed by atoms with E-state index in [0.717, 1.165) is 28.6 Å². The minimum absolute atomic E-state index is 0.204. The van der Waals surface area contributed by atoms with Crippen molar-refractivity contribution in [2.24, 2.45) is 0 Å². The quantitative estimate of drug-likeness (QED) is 0.305. The van der Waals surface area contributed by atoms with Gasteiger partial charge in [0.05, 0.1) is 12.3 Å². The Morgan fingerprint density at radius 3 is 2.55 bits per heavy atom. The van der Waals surface area contributed by atoms with Crippen LogP contribution in [0.2, 0.25) is 0 Å². The summed E-state index contributed by atoms with van der Waals surface area (Å²) in [4.78, 5) is 23.7. The molecule has 154 valence electrons. The Labute approximate surface area is 185 Å². The van der Waals surface area contributed by atoms with E-state index in [0.29, 0.717) is 13.0 Å². The number of carbonyl (C=O) groups excluding carboxylic acids is 2. The van der Waals surface area contributed by atoms with Crippen molar-refractivity contribution in [2.45, 2.75) is 39.0 Å². The van der Waals surface area contributed by atoms with Crippen molar-refractivity contribution in [3.05, 3.63) is 64.1 Å². The van der Waals surface area contributed by atoms with E-state index in [-0.39, 0.29) is 29.8 Å². The number of amides is 1. The van der Waals surface area contributed by atoms with Crippen LogP contribution in [0.4, 0.5) is 5.69 Å². The molecule has 0 aliphatic carbocycles. The fourth-order valence-corrected chi connectivity index (χ4v) is 3.45. The van der Waals surface area contributed by atoms with Gasteiger partial charge in [0, 0.05) is 17.3 Å². The molecule has 0 spiro atoms. The molecule has 0 aliphatic heterocycles. The zero-order valence-corrected chi connectivity index (χ0v) is 18.8. The Hall–Kier alpha value is -2.25. The number of hydrogen-bond donors (Lipinski definition) is 2. The van der Waals surface area contributed by atoms with E-state index in [1.54, 1.807) is 0 Å². The monoisotopic (exact) mass is 476 g/mol. The van der Waals surface area contributed by atoms with E-state index in [4.69, 9.17) is 17.0 Å². The van der Waals surface area contributed by atoms with Gasteiger partial charge in [0.2, 0.25) is 5.91 Å². The van der Waals surface area contributed by atoms with Gasteiger partial charge in [0.25, 0.3) is 0 Å². The summed E-state index contributed by atoms with van der Waals surface area (Å²) in [5.74, 6) is -0.516. The van der Waals surface area contributed by atoms with Crippen LogP contribution in [-0.4, -0.2) is 23.6 Å². The molecule has 7 heteroatoms. The Kier molecular flexibility index (Phi) is 9.80. The summed E-state index contributed by atoms with van der Waals surface area (Å²) in [6.07, 6.45) is 2.49. The fraction of sp³-hybridized carbons (Fsp3) is 0.318. The molecule has 0 bridgehead atoms. The van der Waals surface area contributed by atoms with Crippen molar-refractivity contribution in [1.29, 1.82) is 0 Å². The maximum atomic E-state index is 12.0. The molecule has 0 radical (unpaired) electrons. The van der Waals surface area contributed by atoms with Crippen LogP contribution in [-0.2, 0) is 20.7 Å². The predicted octanol–water partition coefficient (Wildman–Crippen LogP) is 4.92. The zero-order valence-electron chi connectivity index (χ0n) is 16.4. The molecular formula is C22H25BrN2O3S. The highest BCUT2D eigenvalue weighted by molar-refractivity contribution is 9.10. The van der Waals surface area contributed by atoms with Crippen LogP contribution in [0.3, 0.4) is 0 Å². The molecule has 0 heterocycles. The van der Waals surface area contributed by atoms with Gasteiger partial charge in [-0.1, -0.05) is 36.4 Å². The van der Waals surface area contributed by atoms with Crippen molar-refractivity contribution in [3.63, 3.8) is 0 Å². The molecule has 2 aromatic carbocycles. The van der Waals surface area contributed by atoms with Gasteiger partial charge in [0.15, 0.2) is 5.11 Å². The van der Waals surface area contributed by atoms with E-state index in [1.807, 2.05) is 43.3 Å². The molecule has 0 fully saturated rings. The zero-order chi connectivity index (χ0) is 21.1. The van der Waals surface area contributed by atoms with Crippen molar-refractivity contribution in [2.75, 3.05) is 11.9 Å². The number of hydrogen-bond acceptors (Lipinski definition) is 4. The first-order valence-corrected chi connectivity index (χ1v) is 10.7. The van der Waals surface area contributed by atoms with Gasteiger partial charge in [-0.05, 0) is 77.6 Å². The first kappa shape index (κ1) is 23.0. The van der Waals surface area contributed by atoms with E-state index in [1.165, 1.54) is 5.56 Å². The Bertz CT molecular complexity index is 843. The number of nitrogens with one attached hydrogen (secondary N) is 2. The number of carbonyl (C=O) groups is 2. The number of thiocarbonyl (C=S) groups is 1. The summed E-state index contributed by atoms with van der Waals surface area (Å²) in [6.45, 7) is 2.38. The molecule has 0 unspecified atom stereocenters. The molecule has 0 aromatic heterocycles. The second-order valence-electron chi connectivity index (χ2n) is 6.65. The number of benzene rings is 2. The molecule has 0 saturated carbocycles. The SMILES string of the molecule is Cc1ccc(NC(=S)NC(=O)CCCC(=O)OCCCc2ccccc2)c(Br)c1. The summed E-state index contributed by atoms with van der Waals surface area (Å²) in [5, 5.41) is 5.82. The van der Waals surface area contributed by atoms with Gasteiger partial charge in [-0.25, -0.2) is 0 Å². The Morgan fingerprint density at radius 1 is 1.07 bits per heavy atom. The minimum Gasteiger partial charge on any atom is -0.466 e. The van der Waals surface area contributed by atoms with Crippen LogP contribution < -0.4 is 10.6 Å². The van der Waals surface area contributed by atoms with Gasteiger partial charge in [-0.15, -0.1) is 0 Å². The lowest BCUT2D eigenvalue weighted by atomic mass is 10.1. The van der Waals surface area contributed by atoms with Crippen LogP contribution in [0.1, 0.15) is 36.8 Å². The third-order valence-electron chi connectivity index (χ3n) is 4.13. The molecule has 0 saturated heterocycles.